The zero-order valence-electron chi connectivity index (χ0n) is 7.31. The highest BCUT2D eigenvalue weighted by Gasteiger charge is 2.11. The minimum absolute atomic E-state index is 0.645. The fraction of sp³-hybridized carbons (Fsp3) is 1.00. The van der Waals surface area contributed by atoms with Crippen molar-refractivity contribution in [3.63, 3.8) is 0 Å². The van der Waals surface area contributed by atoms with Crippen molar-refractivity contribution in [2.24, 2.45) is 5.73 Å². The van der Waals surface area contributed by atoms with Crippen LogP contribution in [0.15, 0.2) is 0 Å². The van der Waals surface area contributed by atoms with E-state index in [4.69, 9.17) is 10.5 Å². The molecule has 0 aliphatic heterocycles. The molecule has 0 aromatic rings. The highest BCUT2D eigenvalue weighted by molar-refractivity contribution is 6.76. The van der Waals surface area contributed by atoms with E-state index in [9.17, 15) is 0 Å². The maximum Gasteiger partial charge on any atom is 0.0588 e. The van der Waals surface area contributed by atoms with E-state index >= 15 is 0 Å². The smallest absolute Gasteiger partial charge is 0.0588 e. The second kappa shape index (κ2) is 4.88. The van der Waals surface area contributed by atoms with Crippen LogP contribution < -0.4 is 5.73 Å². The molecule has 3 heteroatoms. The Bertz CT molecular complexity index is 80.2. The lowest BCUT2D eigenvalue weighted by atomic mass is 10.7. The summed E-state index contributed by atoms with van der Waals surface area (Å²) in [6.07, 6.45) is 0. The first-order chi connectivity index (χ1) is 4.56. The van der Waals surface area contributed by atoms with Crippen LogP contribution in [-0.2, 0) is 4.74 Å². The summed E-state index contributed by atoms with van der Waals surface area (Å²) in [6.45, 7) is 9.29. The molecular weight excluding hydrogens is 142 g/mol. The molecule has 10 heavy (non-hydrogen) atoms. The van der Waals surface area contributed by atoms with Gasteiger partial charge in [0.15, 0.2) is 0 Å². The fourth-order valence-corrected chi connectivity index (χ4v) is 1.32. The Balaban J connectivity index is 3.04. The van der Waals surface area contributed by atoms with Crippen LogP contribution in [0.5, 0.6) is 0 Å². The quantitative estimate of drug-likeness (QED) is 0.487. The number of nitrogens with two attached hydrogens (primary N) is 1. The van der Waals surface area contributed by atoms with E-state index in [0.717, 1.165) is 6.61 Å². The maximum absolute atomic E-state index is 5.27. The van der Waals surface area contributed by atoms with E-state index < -0.39 is 8.07 Å². The van der Waals surface area contributed by atoms with Crippen LogP contribution in [0, 0.1) is 0 Å². The van der Waals surface area contributed by atoms with Crippen molar-refractivity contribution in [1.82, 2.24) is 0 Å². The van der Waals surface area contributed by atoms with Gasteiger partial charge in [0, 0.05) is 21.2 Å². The Labute approximate surface area is 64.8 Å². The van der Waals surface area contributed by atoms with Crippen LogP contribution in [0.1, 0.15) is 0 Å². The molecule has 0 rings (SSSR count). The van der Waals surface area contributed by atoms with Gasteiger partial charge >= 0.3 is 0 Å². The molecule has 0 bridgehead atoms. The van der Waals surface area contributed by atoms with Crippen LogP contribution in [0.4, 0.5) is 0 Å². The maximum atomic E-state index is 5.27. The molecule has 0 aromatic carbocycles. The molecule has 62 valence electrons. The lowest BCUT2D eigenvalue weighted by molar-refractivity contribution is 0.154. The second-order valence-corrected chi connectivity index (χ2v) is 9.33. The van der Waals surface area contributed by atoms with Gasteiger partial charge in [-0.1, -0.05) is 19.6 Å². The highest BCUT2D eigenvalue weighted by atomic mass is 28.3. The molecule has 0 atom stereocenters. The third-order valence-corrected chi connectivity index (χ3v) is 2.96. The molecule has 0 aliphatic carbocycles. The first kappa shape index (κ1) is 10.1. The van der Waals surface area contributed by atoms with E-state index in [1.165, 1.54) is 6.04 Å². The molecule has 0 saturated heterocycles. The summed E-state index contributed by atoms with van der Waals surface area (Å²) >= 11 is 0. The Morgan fingerprint density at radius 2 is 1.80 bits per heavy atom. The van der Waals surface area contributed by atoms with Crippen LogP contribution >= 0.6 is 0 Å². The molecule has 0 aliphatic rings. The number of hydrogen-bond acceptors (Lipinski definition) is 2. The van der Waals surface area contributed by atoms with Gasteiger partial charge in [-0.15, -0.1) is 0 Å². The summed E-state index contributed by atoms with van der Waals surface area (Å²) in [5.41, 5.74) is 5.26. The molecular formula is C7H19NOSi. The Hall–Kier alpha value is 0.137. The van der Waals surface area contributed by atoms with Gasteiger partial charge in [0.25, 0.3) is 0 Å². The van der Waals surface area contributed by atoms with E-state index in [1.54, 1.807) is 0 Å². The van der Waals surface area contributed by atoms with Crippen molar-refractivity contribution >= 4 is 8.07 Å². The molecule has 0 aromatic heterocycles. The molecule has 2 nitrogen and oxygen atoms in total. The first-order valence-electron chi connectivity index (χ1n) is 3.84. The second-order valence-electron chi connectivity index (χ2n) is 3.71. The first-order valence-corrected chi connectivity index (χ1v) is 7.55. The van der Waals surface area contributed by atoms with Crippen LogP contribution in [0.3, 0.4) is 0 Å². The van der Waals surface area contributed by atoms with E-state index in [0.29, 0.717) is 13.2 Å². The van der Waals surface area contributed by atoms with Crippen molar-refractivity contribution in [3.05, 3.63) is 0 Å². The van der Waals surface area contributed by atoms with Gasteiger partial charge in [0.2, 0.25) is 0 Å². The lowest BCUT2D eigenvalue weighted by Gasteiger charge is -2.14. The SMILES string of the molecule is C[Si](C)(C)CCOCCN. The summed E-state index contributed by atoms with van der Waals surface area (Å²) in [7, 11) is -0.873. The van der Waals surface area contributed by atoms with E-state index in [1.807, 2.05) is 0 Å². The van der Waals surface area contributed by atoms with E-state index in [-0.39, 0.29) is 0 Å². The van der Waals surface area contributed by atoms with Crippen molar-refractivity contribution in [1.29, 1.82) is 0 Å². The highest BCUT2D eigenvalue weighted by Crippen LogP contribution is 2.06. The molecule has 0 saturated carbocycles. The Kier molecular flexibility index (Phi) is 4.94. The third kappa shape index (κ3) is 8.14. The van der Waals surface area contributed by atoms with E-state index in [2.05, 4.69) is 19.6 Å². The molecule has 0 unspecified atom stereocenters. The summed E-state index contributed by atoms with van der Waals surface area (Å²) in [4.78, 5) is 0. The normalized spacial score (nSPS) is 12.0. The molecule has 0 fully saturated rings. The van der Waals surface area contributed by atoms with Crippen molar-refractivity contribution in [3.8, 4) is 0 Å². The van der Waals surface area contributed by atoms with Gasteiger partial charge in [0.05, 0.1) is 6.61 Å². The summed E-state index contributed by atoms with van der Waals surface area (Å²) in [5.74, 6) is 0. The van der Waals surface area contributed by atoms with Crippen LogP contribution in [0.2, 0.25) is 25.7 Å². The van der Waals surface area contributed by atoms with Gasteiger partial charge < -0.3 is 10.5 Å². The standard InChI is InChI=1S/C7H19NOSi/c1-10(2,3)7-6-9-5-4-8/h4-8H2,1-3H3. The van der Waals surface area contributed by atoms with Crippen molar-refractivity contribution in [2.75, 3.05) is 19.8 Å². The van der Waals surface area contributed by atoms with Gasteiger partial charge in [-0.25, -0.2) is 0 Å². The summed E-state index contributed by atoms with van der Waals surface area (Å²) < 4.78 is 5.27. The summed E-state index contributed by atoms with van der Waals surface area (Å²) in [5, 5.41) is 0. The molecule has 0 radical (unpaired) electrons. The molecule has 0 heterocycles. The predicted molar refractivity (Wildman–Crippen MR) is 48.0 cm³/mol. The average molecular weight is 161 g/mol. The number of ether oxygens (including phenoxy) is 1. The Morgan fingerprint density at radius 3 is 2.20 bits per heavy atom. The number of hydrogen-bond donors (Lipinski definition) is 1. The molecule has 0 spiro atoms. The minimum atomic E-state index is -0.873. The van der Waals surface area contributed by atoms with Crippen LogP contribution in [-0.4, -0.2) is 27.8 Å². The van der Waals surface area contributed by atoms with Crippen LogP contribution in [0.25, 0.3) is 0 Å². The Morgan fingerprint density at radius 1 is 1.20 bits per heavy atom. The lowest BCUT2D eigenvalue weighted by Crippen LogP contribution is -2.22. The predicted octanol–water partition coefficient (Wildman–Crippen LogP) is 1.30. The molecule has 2 N–H and O–H groups in total. The summed E-state index contributed by atoms with van der Waals surface area (Å²) in [6, 6.07) is 1.24. The monoisotopic (exact) mass is 161 g/mol. The fourth-order valence-electron chi connectivity index (χ4n) is 0.564. The van der Waals surface area contributed by atoms with Crippen molar-refractivity contribution < 1.29 is 4.74 Å². The van der Waals surface area contributed by atoms with Gasteiger partial charge in [-0.05, 0) is 6.04 Å². The average Bonchev–Trinajstić information content (AvgIpc) is 1.78. The number of rotatable bonds is 5. The zero-order chi connectivity index (χ0) is 8.04. The third-order valence-electron chi connectivity index (χ3n) is 1.26. The van der Waals surface area contributed by atoms with Gasteiger partial charge in [0.1, 0.15) is 0 Å². The minimum Gasteiger partial charge on any atom is -0.380 e. The van der Waals surface area contributed by atoms with Crippen molar-refractivity contribution in [2.45, 2.75) is 25.7 Å². The zero-order valence-corrected chi connectivity index (χ0v) is 8.31. The topological polar surface area (TPSA) is 35.2 Å². The molecule has 0 amide bonds. The largest absolute Gasteiger partial charge is 0.380 e. The van der Waals surface area contributed by atoms with Gasteiger partial charge in [-0.3, -0.25) is 0 Å². The van der Waals surface area contributed by atoms with Gasteiger partial charge in [-0.2, -0.15) is 0 Å².